The second-order valence-corrected chi connectivity index (χ2v) is 4.80. The molecule has 70 valence electrons. The number of carboxylic acids is 1. The smallest absolute Gasteiger partial charge is 0.310 e. The van der Waals surface area contributed by atoms with Crippen molar-refractivity contribution in [1.82, 2.24) is 0 Å². The highest BCUT2D eigenvalue weighted by atomic mass is 32.2. The van der Waals surface area contributed by atoms with Crippen molar-refractivity contribution in [3.05, 3.63) is 0 Å². The Morgan fingerprint density at radius 2 is 1.83 bits per heavy atom. The van der Waals surface area contributed by atoms with Crippen LogP contribution in [0.15, 0.2) is 0 Å². The topological polar surface area (TPSA) is 54.4 Å². The first-order valence-corrected chi connectivity index (χ1v) is 4.57. The molecule has 0 fully saturated rings. The lowest BCUT2D eigenvalue weighted by molar-refractivity contribution is -0.146. The van der Waals surface area contributed by atoms with E-state index in [-0.39, 0.29) is 10.4 Å². The van der Waals surface area contributed by atoms with Crippen molar-refractivity contribution >= 4 is 22.8 Å². The second-order valence-electron chi connectivity index (χ2n) is 3.28. The van der Waals surface area contributed by atoms with Gasteiger partial charge in [-0.05, 0) is 13.8 Å². The highest BCUT2D eigenvalue weighted by Crippen LogP contribution is 2.30. The van der Waals surface area contributed by atoms with Gasteiger partial charge < -0.3 is 5.11 Å². The van der Waals surface area contributed by atoms with E-state index in [9.17, 15) is 9.59 Å². The van der Waals surface area contributed by atoms with E-state index >= 15 is 0 Å². The van der Waals surface area contributed by atoms with Crippen molar-refractivity contribution in [2.24, 2.45) is 5.41 Å². The minimum Gasteiger partial charge on any atom is -0.481 e. The Bertz CT molecular complexity index is 198. The van der Waals surface area contributed by atoms with E-state index in [1.165, 1.54) is 6.92 Å². The molecule has 0 aromatic rings. The summed E-state index contributed by atoms with van der Waals surface area (Å²) in [5.41, 5.74) is -0.851. The predicted octanol–water partition coefficient (Wildman–Crippen LogP) is 1.77. The molecule has 0 spiro atoms. The minimum absolute atomic E-state index is 0.0446. The van der Waals surface area contributed by atoms with Crippen molar-refractivity contribution in [2.45, 2.75) is 32.9 Å². The Hall–Kier alpha value is -0.510. The van der Waals surface area contributed by atoms with Gasteiger partial charge in [-0.3, -0.25) is 9.59 Å². The molecule has 0 rings (SSSR count). The second kappa shape index (κ2) is 3.94. The number of carboxylic acid groups (broad SMARTS) is 1. The molecule has 0 radical (unpaired) electrons. The van der Waals surface area contributed by atoms with Crippen molar-refractivity contribution in [3.8, 4) is 0 Å². The van der Waals surface area contributed by atoms with Crippen LogP contribution in [0.3, 0.4) is 0 Å². The number of aliphatic carboxylic acids is 1. The highest BCUT2D eigenvalue weighted by molar-refractivity contribution is 8.14. The van der Waals surface area contributed by atoms with Crippen LogP contribution in [0.1, 0.15) is 27.7 Å². The van der Waals surface area contributed by atoms with Crippen LogP contribution in [-0.2, 0) is 9.59 Å². The van der Waals surface area contributed by atoms with Crippen LogP contribution in [0.5, 0.6) is 0 Å². The summed E-state index contributed by atoms with van der Waals surface area (Å²) in [6, 6.07) is 0. The maximum Gasteiger partial charge on any atom is 0.310 e. The molecule has 0 aliphatic carbocycles. The summed E-state index contributed by atoms with van der Waals surface area (Å²) in [4.78, 5) is 21.4. The van der Waals surface area contributed by atoms with Crippen LogP contribution < -0.4 is 0 Å². The molecule has 0 heterocycles. The van der Waals surface area contributed by atoms with Crippen molar-refractivity contribution < 1.29 is 14.7 Å². The maximum atomic E-state index is 10.7. The van der Waals surface area contributed by atoms with Gasteiger partial charge in [-0.25, -0.2) is 0 Å². The molecule has 0 aromatic heterocycles. The van der Waals surface area contributed by atoms with Crippen molar-refractivity contribution in [3.63, 3.8) is 0 Å². The zero-order valence-corrected chi connectivity index (χ0v) is 8.57. The van der Waals surface area contributed by atoms with E-state index in [0.29, 0.717) is 0 Å². The van der Waals surface area contributed by atoms with Gasteiger partial charge in [0.15, 0.2) is 5.12 Å². The number of carbonyl (C=O) groups is 2. The number of hydrogen-bond acceptors (Lipinski definition) is 3. The lowest BCUT2D eigenvalue weighted by Gasteiger charge is -2.25. The average molecular weight is 190 g/mol. The van der Waals surface area contributed by atoms with E-state index in [0.717, 1.165) is 11.8 Å². The summed E-state index contributed by atoms with van der Waals surface area (Å²) in [7, 11) is 0. The molecule has 0 aromatic carbocycles. The SMILES string of the molecule is CC(=O)SC(C)C(C)(C)C(=O)O. The first-order valence-electron chi connectivity index (χ1n) is 3.69. The van der Waals surface area contributed by atoms with Gasteiger partial charge in [-0.15, -0.1) is 0 Å². The normalized spacial score (nSPS) is 14.0. The Labute approximate surface area is 76.5 Å². The van der Waals surface area contributed by atoms with Gasteiger partial charge in [0, 0.05) is 12.2 Å². The van der Waals surface area contributed by atoms with E-state index < -0.39 is 11.4 Å². The fourth-order valence-corrected chi connectivity index (χ4v) is 1.46. The number of rotatable bonds is 3. The summed E-state index contributed by atoms with van der Waals surface area (Å²) in [5.74, 6) is -0.872. The van der Waals surface area contributed by atoms with Crippen LogP contribution in [0, 0.1) is 5.41 Å². The van der Waals surface area contributed by atoms with Crippen molar-refractivity contribution in [2.75, 3.05) is 0 Å². The monoisotopic (exact) mass is 190 g/mol. The van der Waals surface area contributed by atoms with Crippen LogP contribution in [-0.4, -0.2) is 21.4 Å². The summed E-state index contributed by atoms with van der Waals surface area (Å²) in [5, 5.41) is 8.55. The molecular weight excluding hydrogens is 176 g/mol. The summed E-state index contributed by atoms with van der Waals surface area (Å²) in [6.07, 6.45) is 0. The van der Waals surface area contributed by atoms with Crippen LogP contribution >= 0.6 is 11.8 Å². The number of hydrogen-bond donors (Lipinski definition) is 1. The van der Waals surface area contributed by atoms with E-state index in [2.05, 4.69) is 0 Å². The number of carbonyl (C=O) groups excluding carboxylic acids is 1. The molecule has 3 nitrogen and oxygen atoms in total. The Balaban J connectivity index is 4.35. The Morgan fingerprint density at radius 3 is 2.08 bits per heavy atom. The lowest BCUT2D eigenvalue weighted by Crippen LogP contribution is -2.33. The largest absolute Gasteiger partial charge is 0.481 e. The van der Waals surface area contributed by atoms with Crippen LogP contribution in [0.25, 0.3) is 0 Å². The molecule has 0 aliphatic heterocycles. The molecule has 0 aliphatic rings. The fourth-order valence-electron chi connectivity index (χ4n) is 0.570. The molecule has 12 heavy (non-hydrogen) atoms. The van der Waals surface area contributed by atoms with E-state index in [4.69, 9.17) is 5.11 Å². The van der Waals surface area contributed by atoms with Gasteiger partial charge in [0.2, 0.25) is 0 Å². The third-order valence-corrected chi connectivity index (χ3v) is 3.18. The molecule has 0 saturated heterocycles. The molecule has 0 bridgehead atoms. The van der Waals surface area contributed by atoms with Gasteiger partial charge in [-0.1, -0.05) is 18.7 Å². The highest BCUT2D eigenvalue weighted by Gasteiger charge is 2.34. The predicted molar refractivity (Wildman–Crippen MR) is 49.2 cm³/mol. The molecular formula is C8H14O3S. The zero-order valence-electron chi connectivity index (χ0n) is 7.75. The third-order valence-electron chi connectivity index (χ3n) is 1.91. The first kappa shape index (κ1) is 11.5. The Kier molecular flexibility index (Phi) is 3.77. The van der Waals surface area contributed by atoms with Crippen LogP contribution in [0.2, 0.25) is 0 Å². The number of thioether (sulfide) groups is 1. The summed E-state index contributed by atoms with van der Waals surface area (Å²) >= 11 is 1.07. The van der Waals surface area contributed by atoms with Gasteiger partial charge in [0.1, 0.15) is 0 Å². The van der Waals surface area contributed by atoms with Gasteiger partial charge in [-0.2, -0.15) is 0 Å². The zero-order chi connectivity index (χ0) is 9.94. The van der Waals surface area contributed by atoms with Crippen LogP contribution in [0.4, 0.5) is 0 Å². The quantitative estimate of drug-likeness (QED) is 0.736. The standard InChI is InChI=1S/C8H14O3S/c1-5(12-6(2)9)8(3,4)7(10)11/h5H,1-4H3,(H,10,11). The van der Waals surface area contributed by atoms with Gasteiger partial charge >= 0.3 is 5.97 Å². The molecule has 0 saturated carbocycles. The fraction of sp³-hybridized carbons (Fsp3) is 0.750. The van der Waals surface area contributed by atoms with E-state index in [1.54, 1.807) is 20.8 Å². The average Bonchev–Trinajstić information content (AvgIpc) is 1.85. The van der Waals surface area contributed by atoms with Gasteiger partial charge in [0.25, 0.3) is 0 Å². The molecule has 1 N–H and O–H groups in total. The molecule has 1 unspecified atom stereocenters. The summed E-state index contributed by atoms with van der Waals surface area (Å²) in [6.45, 7) is 6.44. The third kappa shape index (κ3) is 2.85. The molecule has 0 amide bonds. The maximum absolute atomic E-state index is 10.7. The first-order chi connectivity index (χ1) is 5.28. The molecule has 1 atom stereocenters. The molecule has 4 heteroatoms. The van der Waals surface area contributed by atoms with E-state index in [1.807, 2.05) is 0 Å². The Morgan fingerprint density at radius 1 is 1.42 bits per heavy atom. The van der Waals surface area contributed by atoms with Gasteiger partial charge in [0.05, 0.1) is 5.41 Å². The van der Waals surface area contributed by atoms with Crippen molar-refractivity contribution in [1.29, 1.82) is 0 Å². The summed E-state index contributed by atoms with van der Waals surface area (Å²) < 4.78 is 0. The minimum atomic E-state index is -0.872. The lowest BCUT2D eigenvalue weighted by atomic mass is 9.90.